The van der Waals surface area contributed by atoms with E-state index in [4.69, 9.17) is 25.5 Å². The number of carbonyl (C=O) groups is 1. The van der Waals surface area contributed by atoms with Crippen molar-refractivity contribution in [2.45, 2.75) is 6.61 Å². The maximum absolute atomic E-state index is 13.7. The number of ether oxygens (including phenoxy) is 2. The molecule has 0 radical (unpaired) electrons. The molecule has 0 aliphatic carbocycles. The van der Waals surface area contributed by atoms with Crippen molar-refractivity contribution in [3.8, 4) is 17.2 Å². The lowest BCUT2D eigenvalue weighted by molar-refractivity contribution is -0.384. The van der Waals surface area contributed by atoms with Gasteiger partial charge >= 0.3 is 0 Å². The van der Waals surface area contributed by atoms with Gasteiger partial charge < -0.3 is 19.2 Å². The van der Waals surface area contributed by atoms with Crippen LogP contribution in [0.1, 0.15) is 16.3 Å². The molecule has 8 nitrogen and oxygen atoms in total. The second kappa shape index (κ2) is 10.2. The molecule has 11 heteroatoms. The first-order valence-electron chi connectivity index (χ1n) is 9.97. The molecule has 3 aromatic carbocycles. The highest BCUT2D eigenvalue weighted by molar-refractivity contribution is 6.30. The van der Waals surface area contributed by atoms with E-state index in [0.29, 0.717) is 16.8 Å². The largest absolute Gasteiger partial charge is 0.483 e. The lowest BCUT2D eigenvalue weighted by Crippen LogP contribution is -2.11. The highest BCUT2D eigenvalue weighted by Gasteiger charge is 2.17. The van der Waals surface area contributed by atoms with Crippen molar-refractivity contribution in [3.63, 3.8) is 0 Å². The Labute approximate surface area is 201 Å². The zero-order valence-corrected chi connectivity index (χ0v) is 18.4. The molecule has 1 aromatic heterocycles. The molecule has 0 unspecified atom stereocenters. The maximum Gasteiger partial charge on any atom is 0.291 e. The molecule has 0 fully saturated rings. The van der Waals surface area contributed by atoms with Crippen LogP contribution in [0.5, 0.6) is 17.2 Å². The summed E-state index contributed by atoms with van der Waals surface area (Å²) in [5, 5.41) is 14.3. The van der Waals surface area contributed by atoms with Gasteiger partial charge in [0, 0.05) is 23.2 Å². The van der Waals surface area contributed by atoms with Crippen LogP contribution in [0.15, 0.2) is 77.2 Å². The van der Waals surface area contributed by atoms with E-state index in [-0.39, 0.29) is 41.0 Å². The second-order valence-electron chi connectivity index (χ2n) is 7.11. The van der Waals surface area contributed by atoms with E-state index in [1.807, 2.05) is 0 Å². The van der Waals surface area contributed by atoms with Crippen molar-refractivity contribution in [3.05, 3.63) is 111 Å². The Balaban J connectivity index is 1.46. The fourth-order valence-electron chi connectivity index (χ4n) is 2.97. The van der Waals surface area contributed by atoms with Crippen LogP contribution < -0.4 is 14.8 Å². The van der Waals surface area contributed by atoms with Crippen molar-refractivity contribution < 1.29 is 32.4 Å². The predicted octanol–water partition coefficient (Wildman–Crippen LogP) is 6.74. The molecule has 1 heterocycles. The number of rotatable bonds is 8. The van der Waals surface area contributed by atoms with Crippen molar-refractivity contribution >= 4 is 28.9 Å². The summed E-state index contributed by atoms with van der Waals surface area (Å²) in [4.78, 5) is 23.3. The molecule has 1 amide bonds. The van der Waals surface area contributed by atoms with Gasteiger partial charge in [-0.05, 0) is 48.5 Å². The Hall–Kier alpha value is -4.44. The van der Waals surface area contributed by atoms with Gasteiger partial charge in [0.25, 0.3) is 11.6 Å². The Kier molecular flexibility index (Phi) is 6.93. The molecule has 1 N–H and O–H groups in total. The first-order valence-corrected chi connectivity index (χ1v) is 10.4. The molecule has 0 bridgehead atoms. The van der Waals surface area contributed by atoms with E-state index in [1.165, 1.54) is 24.3 Å². The van der Waals surface area contributed by atoms with Crippen LogP contribution in [0.3, 0.4) is 0 Å². The number of non-ortho nitro benzene ring substituents is 1. The number of amides is 1. The Morgan fingerprint density at radius 3 is 2.49 bits per heavy atom. The Morgan fingerprint density at radius 2 is 1.77 bits per heavy atom. The SMILES string of the molecule is O=C(Nc1cc(Oc2ccc(Cl)cc2)cc([N+](=O)[O-])c1)c1ccc(COc2ccc(F)cc2F)o1. The maximum atomic E-state index is 13.7. The number of anilines is 1. The minimum absolute atomic E-state index is 0.0933. The molecule has 0 atom stereocenters. The van der Waals surface area contributed by atoms with Gasteiger partial charge in [-0.1, -0.05) is 11.6 Å². The summed E-state index contributed by atoms with van der Waals surface area (Å²) in [6, 6.07) is 15.8. The molecule has 0 aliphatic heterocycles. The summed E-state index contributed by atoms with van der Waals surface area (Å²) >= 11 is 5.85. The highest BCUT2D eigenvalue weighted by atomic mass is 35.5. The molecule has 178 valence electrons. The Morgan fingerprint density at radius 1 is 1.00 bits per heavy atom. The number of benzene rings is 3. The summed E-state index contributed by atoms with van der Waals surface area (Å²) in [7, 11) is 0. The van der Waals surface area contributed by atoms with Gasteiger partial charge in [-0.15, -0.1) is 0 Å². The smallest absolute Gasteiger partial charge is 0.291 e. The van der Waals surface area contributed by atoms with Gasteiger partial charge in [0.1, 0.15) is 29.7 Å². The van der Waals surface area contributed by atoms with E-state index in [2.05, 4.69) is 5.32 Å². The third-order valence-electron chi connectivity index (χ3n) is 4.56. The fourth-order valence-corrected chi connectivity index (χ4v) is 3.10. The number of hydrogen-bond acceptors (Lipinski definition) is 6. The van der Waals surface area contributed by atoms with E-state index in [1.54, 1.807) is 24.3 Å². The molecule has 0 aliphatic rings. The van der Waals surface area contributed by atoms with Gasteiger partial charge in [-0.2, -0.15) is 0 Å². The minimum atomic E-state index is -0.878. The van der Waals surface area contributed by atoms with Crippen molar-refractivity contribution in [1.82, 2.24) is 0 Å². The number of nitrogens with one attached hydrogen (secondary N) is 1. The highest BCUT2D eigenvalue weighted by Crippen LogP contribution is 2.30. The van der Waals surface area contributed by atoms with Crippen LogP contribution in [0.25, 0.3) is 0 Å². The first kappa shape index (κ1) is 23.7. The summed E-state index contributed by atoms with van der Waals surface area (Å²) in [6.45, 7) is -0.217. The number of hydrogen-bond donors (Lipinski definition) is 1. The molecule has 4 aromatic rings. The topological polar surface area (TPSA) is 104 Å². The average Bonchev–Trinajstić information content (AvgIpc) is 3.29. The zero-order valence-electron chi connectivity index (χ0n) is 17.7. The number of furan rings is 1. The lowest BCUT2D eigenvalue weighted by atomic mass is 10.2. The third kappa shape index (κ3) is 6.12. The second-order valence-corrected chi connectivity index (χ2v) is 7.55. The van der Waals surface area contributed by atoms with Crippen molar-refractivity contribution in [2.75, 3.05) is 5.32 Å². The normalized spacial score (nSPS) is 10.6. The number of nitro groups is 1. The van der Waals surface area contributed by atoms with Gasteiger partial charge in [0.2, 0.25) is 0 Å². The van der Waals surface area contributed by atoms with Gasteiger partial charge in [-0.3, -0.25) is 14.9 Å². The molecule has 4 rings (SSSR count). The quantitative estimate of drug-likeness (QED) is 0.212. The van der Waals surface area contributed by atoms with Crippen LogP contribution in [0, 0.1) is 21.7 Å². The third-order valence-corrected chi connectivity index (χ3v) is 4.81. The molecule has 0 saturated carbocycles. The fraction of sp³-hybridized carbons (Fsp3) is 0.0417. The summed E-state index contributed by atoms with van der Waals surface area (Å²) < 4.78 is 43.0. The van der Waals surface area contributed by atoms with Crippen LogP contribution >= 0.6 is 11.6 Å². The standard InChI is InChI=1S/C24H15ClF2N2O6/c25-14-1-4-18(5-2-14)34-20-11-16(10-17(12-20)29(31)32)28-24(30)23-8-6-19(35-23)13-33-22-7-3-15(26)9-21(22)27/h1-12H,13H2,(H,28,30). The van der Waals surface area contributed by atoms with Crippen LogP contribution in [-0.2, 0) is 6.61 Å². The van der Waals surface area contributed by atoms with E-state index in [9.17, 15) is 23.7 Å². The van der Waals surface area contributed by atoms with E-state index in [0.717, 1.165) is 18.2 Å². The molecule has 0 spiro atoms. The van der Waals surface area contributed by atoms with Gasteiger partial charge in [0.15, 0.2) is 17.3 Å². The number of nitro benzene ring substituents is 1. The number of nitrogens with zero attached hydrogens (tertiary/aromatic N) is 1. The van der Waals surface area contributed by atoms with Gasteiger partial charge in [0.05, 0.1) is 16.7 Å². The summed E-state index contributed by atoms with van der Waals surface area (Å²) in [5.74, 6) is -1.90. The van der Waals surface area contributed by atoms with E-state index < -0.39 is 22.5 Å². The number of carbonyl (C=O) groups excluding carboxylic acids is 1. The average molecular weight is 501 g/mol. The van der Waals surface area contributed by atoms with Crippen molar-refractivity contribution in [1.29, 1.82) is 0 Å². The Bertz CT molecular complexity index is 1390. The molecular formula is C24H15ClF2N2O6. The lowest BCUT2D eigenvalue weighted by Gasteiger charge is -2.09. The predicted molar refractivity (Wildman–Crippen MR) is 122 cm³/mol. The van der Waals surface area contributed by atoms with E-state index >= 15 is 0 Å². The molecule has 0 saturated heterocycles. The first-order chi connectivity index (χ1) is 16.8. The van der Waals surface area contributed by atoms with Crippen LogP contribution in [-0.4, -0.2) is 10.8 Å². The molecular weight excluding hydrogens is 486 g/mol. The summed E-state index contributed by atoms with van der Waals surface area (Å²) in [6.07, 6.45) is 0. The van der Waals surface area contributed by atoms with Crippen LogP contribution in [0.2, 0.25) is 5.02 Å². The van der Waals surface area contributed by atoms with Gasteiger partial charge in [-0.25, -0.2) is 8.78 Å². The zero-order chi connectivity index (χ0) is 24.9. The summed E-state index contributed by atoms with van der Waals surface area (Å²) in [5.41, 5.74) is -0.211. The monoisotopic (exact) mass is 500 g/mol. The molecule has 35 heavy (non-hydrogen) atoms. The van der Waals surface area contributed by atoms with Crippen LogP contribution in [0.4, 0.5) is 20.2 Å². The number of halogens is 3. The minimum Gasteiger partial charge on any atom is -0.483 e. The van der Waals surface area contributed by atoms with Crippen molar-refractivity contribution in [2.24, 2.45) is 0 Å².